The lowest BCUT2D eigenvalue weighted by molar-refractivity contribution is -0.138. The van der Waals surface area contributed by atoms with Crippen LogP contribution in [0.5, 0.6) is 0 Å². The Labute approximate surface area is 121 Å². The van der Waals surface area contributed by atoms with E-state index in [1.165, 1.54) is 4.90 Å². The molecule has 20 heavy (non-hydrogen) atoms. The molecule has 6 heteroatoms. The third-order valence-electron chi connectivity index (χ3n) is 2.78. The fraction of sp³-hybridized carbons (Fsp3) is 0.857. The van der Waals surface area contributed by atoms with E-state index in [9.17, 15) is 14.7 Å². The molecule has 0 unspecified atom stereocenters. The number of aliphatic carboxylic acids is 1. The van der Waals surface area contributed by atoms with Gasteiger partial charge in [0.05, 0.1) is 12.1 Å². The lowest BCUT2D eigenvalue weighted by Gasteiger charge is -2.26. The molecule has 0 fully saturated rings. The van der Waals surface area contributed by atoms with Crippen molar-refractivity contribution in [2.45, 2.75) is 46.1 Å². The van der Waals surface area contributed by atoms with Crippen molar-refractivity contribution in [1.29, 1.82) is 0 Å². The molecular formula is C14H28N2O4. The first-order valence-electron chi connectivity index (χ1n) is 6.94. The minimum absolute atomic E-state index is 0.0493. The van der Waals surface area contributed by atoms with Gasteiger partial charge in [0.25, 0.3) is 0 Å². The molecule has 0 radical (unpaired) electrons. The smallest absolute Gasteiger partial charge is 0.317 e. The van der Waals surface area contributed by atoms with E-state index in [0.29, 0.717) is 12.5 Å². The minimum Gasteiger partial charge on any atom is -0.481 e. The van der Waals surface area contributed by atoms with E-state index in [4.69, 9.17) is 5.11 Å². The number of likely N-dealkylation sites (N-methyl/N-ethyl adjacent to an activating group) is 1. The molecule has 0 spiro atoms. The highest BCUT2D eigenvalue weighted by Gasteiger charge is 2.21. The number of rotatable bonds is 8. The monoisotopic (exact) mass is 288 g/mol. The molecule has 2 amide bonds. The number of carbonyl (C=O) groups excluding carboxylic acids is 1. The number of carboxylic acid groups (broad SMARTS) is 1. The summed E-state index contributed by atoms with van der Waals surface area (Å²) in [6, 6.07) is -0.300. The first kappa shape index (κ1) is 18.7. The van der Waals surface area contributed by atoms with Crippen molar-refractivity contribution in [2.75, 3.05) is 20.1 Å². The van der Waals surface area contributed by atoms with E-state index in [1.807, 2.05) is 13.8 Å². The van der Waals surface area contributed by atoms with Gasteiger partial charge in [-0.1, -0.05) is 13.8 Å². The topological polar surface area (TPSA) is 89.9 Å². The van der Waals surface area contributed by atoms with Crippen LogP contribution in [0.2, 0.25) is 0 Å². The maximum Gasteiger partial charge on any atom is 0.317 e. The van der Waals surface area contributed by atoms with E-state index in [1.54, 1.807) is 20.9 Å². The van der Waals surface area contributed by atoms with Crippen LogP contribution in [-0.4, -0.2) is 52.9 Å². The van der Waals surface area contributed by atoms with E-state index < -0.39 is 11.6 Å². The Morgan fingerprint density at radius 1 is 1.30 bits per heavy atom. The SMILES string of the molecule is CC(C)C[C@H](CNC(=O)N(C)CC(C)(C)O)CC(=O)O. The largest absolute Gasteiger partial charge is 0.481 e. The highest BCUT2D eigenvalue weighted by atomic mass is 16.4. The van der Waals surface area contributed by atoms with Crippen molar-refractivity contribution < 1.29 is 19.8 Å². The lowest BCUT2D eigenvalue weighted by atomic mass is 9.94. The Morgan fingerprint density at radius 3 is 2.25 bits per heavy atom. The second-order valence-corrected chi connectivity index (χ2v) is 6.45. The molecule has 1 atom stereocenters. The normalized spacial score (nSPS) is 13.2. The van der Waals surface area contributed by atoms with Gasteiger partial charge >= 0.3 is 12.0 Å². The number of carboxylic acids is 1. The highest BCUT2D eigenvalue weighted by Crippen LogP contribution is 2.15. The van der Waals surface area contributed by atoms with Crippen molar-refractivity contribution >= 4 is 12.0 Å². The van der Waals surface area contributed by atoms with Crippen molar-refractivity contribution in [2.24, 2.45) is 11.8 Å². The predicted octanol–water partition coefficient (Wildman–Crippen LogP) is 1.54. The maximum absolute atomic E-state index is 11.9. The third kappa shape index (κ3) is 9.61. The quantitative estimate of drug-likeness (QED) is 0.632. The summed E-state index contributed by atoms with van der Waals surface area (Å²) in [5.74, 6) is -0.549. The lowest BCUT2D eigenvalue weighted by Crippen LogP contribution is -2.45. The molecule has 0 saturated carbocycles. The van der Waals surface area contributed by atoms with Gasteiger partial charge in [-0.3, -0.25) is 4.79 Å². The number of aliphatic hydroxyl groups is 1. The molecule has 0 saturated heterocycles. The number of hydrogen-bond acceptors (Lipinski definition) is 3. The Hall–Kier alpha value is -1.30. The van der Waals surface area contributed by atoms with Crippen LogP contribution in [0.25, 0.3) is 0 Å². The van der Waals surface area contributed by atoms with E-state index in [2.05, 4.69) is 5.32 Å². The summed E-state index contributed by atoms with van der Waals surface area (Å²) in [5.41, 5.74) is -0.954. The molecule has 0 aliphatic carbocycles. The standard InChI is InChI=1S/C14H28N2O4/c1-10(2)6-11(7-12(17)18)8-15-13(19)16(5)9-14(3,4)20/h10-11,20H,6-9H2,1-5H3,(H,15,19)(H,17,18)/t11-/m0/s1. The first-order chi connectivity index (χ1) is 9.01. The van der Waals surface area contributed by atoms with Crippen LogP contribution < -0.4 is 5.32 Å². The minimum atomic E-state index is -0.954. The maximum atomic E-state index is 11.9. The Kier molecular flexibility index (Phi) is 7.57. The van der Waals surface area contributed by atoms with Crippen LogP contribution in [0, 0.1) is 11.8 Å². The second kappa shape index (κ2) is 8.09. The number of nitrogens with zero attached hydrogens (tertiary/aromatic N) is 1. The Morgan fingerprint density at radius 2 is 1.85 bits per heavy atom. The molecule has 0 bridgehead atoms. The van der Waals surface area contributed by atoms with E-state index in [0.717, 1.165) is 6.42 Å². The zero-order chi connectivity index (χ0) is 15.9. The molecule has 0 aliphatic rings. The summed E-state index contributed by atoms with van der Waals surface area (Å²) in [5, 5.41) is 21.2. The van der Waals surface area contributed by atoms with Crippen LogP contribution in [0.15, 0.2) is 0 Å². The molecule has 0 aromatic carbocycles. The van der Waals surface area contributed by atoms with Gasteiger partial charge in [-0.15, -0.1) is 0 Å². The zero-order valence-electron chi connectivity index (χ0n) is 13.1. The summed E-state index contributed by atoms with van der Waals surface area (Å²) in [6.45, 7) is 7.85. The van der Waals surface area contributed by atoms with E-state index >= 15 is 0 Å². The summed E-state index contributed by atoms with van der Waals surface area (Å²) in [7, 11) is 1.60. The molecule has 118 valence electrons. The molecule has 0 aromatic heterocycles. The molecule has 0 rings (SSSR count). The molecule has 0 heterocycles. The van der Waals surface area contributed by atoms with Crippen molar-refractivity contribution in [3.63, 3.8) is 0 Å². The number of hydrogen-bond donors (Lipinski definition) is 3. The van der Waals surface area contributed by atoms with Crippen LogP contribution >= 0.6 is 0 Å². The summed E-state index contributed by atoms with van der Waals surface area (Å²) in [4.78, 5) is 24.1. The van der Waals surface area contributed by atoms with Gasteiger partial charge in [0.2, 0.25) is 0 Å². The molecule has 3 N–H and O–H groups in total. The number of carbonyl (C=O) groups is 2. The van der Waals surface area contributed by atoms with Gasteiger partial charge in [0, 0.05) is 20.0 Å². The molecule has 0 aromatic rings. The summed E-state index contributed by atoms with van der Waals surface area (Å²) >= 11 is 0. The first-order valence-corrected chi connectivity index (χ1v) is 6.94. The van der Waals surface area contributed by atoms with Gasteiger partial charge < -0.3 is 20.4 Å². The van der Waals surface area contributed by atoms with Gasteiger partial charge in [0.15, 0.2) is 0 Å². The summed E-state index contributed by atoms with van der Waals surface area (Å²) < 4.78 is 0. The third-order valence-corrected chi connectivity index (χ3v) is 2.78. The Balaban J connectivity index is 4.32. The number of urea groups is 1. The number of nitrogens with one attached hydrogen (secondary N) is 1. The fourth-order valence-corrected chi connectivity index (χ4v) is 2.17. The average Bonchev–Trinajstić information content (AvgIpc) is 2.21. The molecular weight excluding hydrogens is 260 g/mol. The number of amides is 2. The van der Waals surface area contributed by atoms with Crippen molar-refractivity contribution in [1.82, 2.24) is 10.2 Å². The van der Waals surface area contributed by atoms with Gasteiger partial charge in [-0.05, 0) is 32.1 Å². The van der Waals surface area contributed by atoms with E-state index in [-0.39, 0.29) is 24.9 Å². The fourth-order valence-electron chi connectivity index (χ4n) is 2.17. The van der Waals surface area contributed by atoms with Gasteiger partial charge in [0.1, 0.15) is 0 Å². The van der Waals surface area contributed by atoms with Crippen molar-refractivity contribution in [3.8, 4) is 0 Å². The molecule has 0 aliphatic heterocycles. The zero-order valence-corrected chi connectivity index (χ0v) is 13.1. The highest BCUT2D eigenvalue weighted by molar-refractivity contribution is 5.74. The Bertz CT molecular complexity index is 324. The second-order valence-electron chi connectivity index (χ2n) is 6.45. The van der Waals surface area contributed by atoms with Crippen LogP contribution in [0.3, 0.4) is 0 Å². The van der Waals surface area contributed by atoms with Crippen LogP contribution in [0.1, 0.15) is 40.5 Å². The van der Waals surface area contributed by atoms with Crippen molar-refractivity contribution in [3.05, 3.63) is 0 Å². The van der Waals surface area contributed by atoms with Gasteiger partial charge in [-0.2, -0.15) is 0 Å². The van der Waals surface area contributed by atoms with Crippen LogP contribution in [0.4, 0.5) is 4.79 Å². The predicted molar refractivity (Wildman–Crippen MR) is 77.5 cm³/mol. The average molecular weight is 288 g/mol. The van der Waals surface area contributed by atoms with Gasteiger partial charge in [-0.25, -0.2) is 4.79 Å². The molecule has 6 nitrogen and oxygen atoms in total. The van der Waals surface area contributed by atoms with Crippen LogP contribution in [-0.2, 0) is 4.79 Å². The summed E-state index contributed by atoms with van der Waals surface area (Å²) in [6.07, 6.45) is 0.801.